The number of allylic oxidation sites excluding steroid dienone is 1. The first-order chi connectivity index (χ1) is 16.1. The maximum Gasteiger partial charge on any atom is 0.211 e. The summed E-state index contributed by atoms with van der Waals surface area (Å²) < 4.78 is 26.3. The third kappa shape index (κ3) is 5.03. The highest BCUT2D eigenvalue weighted by Crippen LogP contribution is 2.32. The van der Waals surface area contributed by atoms with Crippen LogP contribution in [0.2, 0.25) is 0 Å². The molecule has 0 amide bonds. The highest BCUT2D eigenvalue weighted by molar-refractivity contribution is 8.01. The Bertz CT molecular complexity index is 1370. The molecule has 178 valence electrons. The smallest absolute Gasteiger partial charge is 0.211 e. The molecule has 1 unspecified atom stereocenters. The van der Waals surface area contributed by atoms with Crippen molar-refractivity contribution in [2.45, 2.75) is 39.1 Å². The summed E-state index contributed by atoms with van der Waals surface area (Å²) in [6.07, 6.45) is 3.00. The molecule has 14 heteroatoms. The van der Waals surface area contributed by atoms with Crippen LogP contribution in [0.3, 0.4) is 0 Å². The fraction of sp³-hybridized carbons (Fsp3) is 0.200. The van der Waals surface area contributed by atoms with E-state index in [0.717, 1.165) is 0 Å². The molecule has 3 heterocycles. The first-order valence-corrected chi connectivity index (χ1v) is 13.5. The van der Waals surface area contributed by atoms with Gasteiger partial charge in [-0.25, -0.2) is 18.4 Å². The van der Waals surface area contributed by atoms with Gasteiger partial charge in [-0.05, 0) is 49.9 Å². The number of aromatic nitrogens is 3. The molecule has 10 nitrogen and oxygen atoms in total. The van der Waals surface area contributed by atoms with Crippen LogP contribution in [-0.2, 0) is 15.6 Å². The Labute approximate surface area is 209 Å². The number of para-hydroxylation sites is 1. The van der Waals surface area contributed by atoms with Crippen molar-refractivity contribution in [3.8, 4) is 0 Å². The minimum atomic E-state index is -3.54. The number of halogens is 1. The second-order valence-electron chi connectivity index (χ2n) is 7.48. The maximum atomic E-state index is 12.8. The van der Waals surface area contributed by atoms with Crippen molar-refractivity contribution in [1.82, 2.24) is 20.5 Å². The molecule has 1 atom stereocenters. The minimum Gasteiger partial charge on any atom is -0.374 e. The second-order valence-corrected chi connectivity index (χ2v) is 12.6. The lowest BCUT2D eigenvalue weighted by molar-refractivity contribution is 0.396. The van der Waals surface area contributed by atoms with Crippen LogP contribution >= 0.6 is 34.7 Å². The molecule has 0 aliphatic carbocycles. The molecule has 0 saturated heterocycles. The highest BCUT2D eigenvalue weighted by Gasteiger charge is 2.32. The average Bonchev–Trinajstić information content (AvgIpc) is 3.21. The normalized spacial score (nSPS) is 18.3. The van der Waals surface area contributed by atoms with E-state index in [2.05, 4.69) is 30.8 Å². The van der Waals surface area contributed by atoms with Crippen LogP contribution in [0.1, 0.15) is 19.4 Å². The van der Waals surface area contributed by atoms with E-state index in [-0.39, 0.29) is 9.93 Å². The van der Waals surface area contributed by atoms with Gasteiger partial charge < -0.3 is 16.4 Å². The van der Waals surface area contributed by atoms with E-state index in [1.165, 1.54) is 29.3 Å². The van der Waals surface area contributed by atoms with Crippen molar-refractivity contribution in [3.63, 3.8) is 0 Å². The molecular weight excluding hydrogens is 516 g/mol. The highest BCUT2D eigenvalue weighted by atomic mass is 35.5. The number of nitrogen functional groups attached to an aromatic ring is 1. The van der Waals surface area contributed by atoms with Gasteiger partial charge in [0.15, 0.2) is 14.2 Å². The third-order valence-electron chi connectivity index (χ3n) is 4.80. The number of benzene rings is 1. The van der Waals surface area contributed by atoms with E-state index in [9.17, 15) is 8.42 Å². The molecule has 0 radical (unpaired) electrons. The molecule has 3 aromatic rings. The first-order valence-electron chi connectivity index (χ1n) is 9.94. The number of hydrogen-bond donors (Lipinski definition) is 4. The predicted octanol–water partition coefficient (Wildman–Crippen LogP) is 3.11. The molecule has 2 aromatic heterocycles. The lowest BCUT2D eigenvalue weighted by Crippen LogP contribution is -2.51. The molecule has 1 aliphatic rings. The molecule has 4 rings (SSSR count). The van der Waals surface area contributed by atoms with Crippen molar-refractivity contribution in [3.05, 3.63) is 59.0 Å². The van der Waals surface area contributed by atoms with Gasteiger partial charge in [0.05, 0.1) is 20.9 Å². The Kier molecular flexibility index (Phi) is 6.82. The first kappa shape index (κ1) is 24.4. The van der Waals surface area contributed by atoms with Gasteiger partial charge in [-0.3, -0.25) is 5.73 Å². The fourth-order valence-electron chi connectivity index (χ4n) is 2.97. The van der Waals surface area contributed by atoms with Crippen LogP contribution < -0.4 is 22.1 Å². The summed E-state index contributed by atoms with van der Waals surface area (Å²) in [6, 6.07) is 10.2. The molecule has 0 bridgehead atoms. The predicted molar refractivity (Wildman–Crippen MR) is 135 cm³/mol. The number of nitrogens with two attached hydrogens (primary N) is 2. The van der Waals surface area contributed by atoms with Crippen molar-refractivity contribution < 1.29 is 8.42 Å². The molecular formula is C20H21ClN8O2S3. The van der Waals surface area contributed by atoms with Crippen molar-refractivity contribution in [1.29, 1.82) is 0 Å². The third-order valence-corrected chi connectivity index (χ3v) is 9.05. The number of anilines is 2. The summed E-state index contributed by atoms with van der Waals surface area (Å²) in [7, 11) is -3.54. The van der Waals surface area contributed by atoms with Crippen LogP contribution in [-0.4, -0.2) is 35.1 Å². The summed E-state index contributed by atoms with van der Waals surface area (Å²) >= 11 is 8.95. The largest absolute Gasteiger partial charge is 0.374 e. The Hall–Kier alpha value is -2.71. The monoisotopic (exact) mass is 536 g/mol. The molecule has 1 aromatic carbocycles. The second kappa shape index (κ2) is 9.50. The van der Waals surface area contributed by atoms with Crippen LogP contribution in [0.4, 0.5) is 10.8 Å². The molecule has 0 spiro atoms. The number of nitrogens with one attached hydrogen (secondary N) is 2. The molecule has 1 aliphatic heterocycles. The SMILES string of the molecule is CC(C)S(=O)(=O)c1ccccc1NC1=C(Cl)C=NC(N)(c2ccc(Sc3nnc(N)s3)nc2)N1. The van der Waals surface area contributed by atoms with E-state index >= 15 is 0 Å². The molecule has 34 heavy (non-hydrogen) atoms. The topological polar surface area (TPSA) is 161 Å². The summed E-state index contributed by atoms with van der Waals surface area (Å²) in [5.74, 6) is -1.07. The maximum absolute atomic E-state index is 12.8. The number of nitrogens with zero attached hydrogens (tertiary/aromatic N) is 4. The van der Waals surface area contributed by atoms with Crippen LogP contribution in [0.15, 0.2) is 72.7 Å². The number of hydrogen-bond acceptors (Lipinski definition) is 12. The lowest BCUT2D eigenvalue weighted by atomic mass is 10.1. The van der Waals surface area contributed by atoms with Crippen molar-refractivity contribution in [2.24, 2.45) is 10.7 Å². The summed E-state index contributed by atoms with van der Waals surface area (Å²) in [6.45, 7) is 3.26. The van der Waals surface area contributed by atoms with Crippen LogP contribution in [0.25, 0.3) is 0 Å². The zero-order valence-electron chi connectivity index (χ0n) is 18.1. The fourth-order valence-corrected chi connectivity index (χ4v) is 5.84. The number of sulfone groups is 1. The van der Waals surface area contributed by atoms with Crippen LogP contribution in [0, 0.1) is 0 Å². The van der Waals surface area contributed by atoms with Crippen molar-refractivity contribution in [2.75, 3.05) is 11.1 Å². The zero-order valence-corrected chi connectivity index (χ0v) is 21.3. The van der Waals surface area contributed by atoms with E-state index in [0.29, 0.717) is 31.6 Å². The quantitative estimate of drug-likeness (QED) is 0.353. The van der Waals surface area contributed by atoms with Crippen molar-refractivity contribution >= 4 is 61.6 Å². The summed E-state index contributed by atoms with van der Waals surface area (Å²) in [5, 5.41) is 14.6. The lowest BCUT2D eigenvalue weighted by Gasteiger charge is -2.32. The van der Waals surface area contributed by atoms with Gasteiger partial charge >= 0.3 is 0 Å². The Morgan fingerprint density at radius 3 is 2.62 bits per heavy atom. The summed E-state index contributed by atoms with van der Waals surface area (Å²) in [5.41, 5.74) is 13.1. The van der Waals surface area contributed by atoms with Gasteiger partial charge in [-0.1, -0.05) is 35.1 Å². The van der Waals surface area contributed by atoms with Gasteiger partial charge in [-0.2, -0.15) is 0 Å². The number of pyridine rings is 1. The Morgan fingerprint density at radius 2 is 1.97 bits per heavy atom. The van der Waals surface area contributed by atoms with E-state index in [1.54, 1.807) is 56.4 Å². The Balaban J connectivity index is 1.56. The molecule has 6 N–H and O–H groups in total. The van der Waals surface area contributed by atoms with Gasteiger partial charge in [0, 0.05) is 18.0 Å². The standard InChI is InChI=1S/C20H21ClN8O2S3/c1-11(2)34(30,31)15-6-4-3-5-14(15)26-17-13(21)10-25-20(23,27-17)12-7-8-16(24-9-12)32-19-29-28-18(22)33-19/h3-11,26-27H,23H2,1-2H3,(H2,22,28). The summed E-state index contributed by atoms with van der Waals surface area (Å²) in [4.78, 5) is 8.91. The van der Waals surface area contributed by atoms with Gasteiger partial charge in [0.1, 0.15) is 10.8 Å². The number of rotatable bonds is 7. The Morgan fingerprint density at radius 1 is 1.21 bits per heavy atom. The van der Waals surface area contributed by atoms with E-state index < -0.39 is 20.9 Å². The average molecular weight is 537 g/mol. The van der Waals surface area contributed by atoms with Gasteiger partial charge in [-0.15, -0.1) is 10.2 Å². The van der Waals surface area contributed by atoms with E-state index in [4.69, 9.17) is 23.1 Å². The van der Waals surface area contributed by atoms with Gasteiger partial charge in [0.25, 0.3) is 0 Å². The van der Waals surface area contributed by atoms with Crippen LogP contribution in [0.5, 0.6) is 0 Å². The zero-order chi connectivity index (χ0) is 24.5. The number of aliphatic imine (C=N–C) groups is 1. The minimum absolute atomic E-state index is 0.161. The molecule has 0 saturated carbocycles. The molecule has 0 fully saturated rings. The van der Waals surface area contributed by atoms with E-state index in [1.807, 2.05) is 0 Å². The van der Waals surface area contributed by atoms with Gasteiger partial charge in [0.2, 0.25) is 10.9 Å².